The number of nitrogens with zero attached hydrogens (tertiary/aromatic N) is 2. The Kier molecular flexibility index (Phi) is 7.71. The van der Waals surface area contributed by atoms with Crippen molar-refractivity contribution in [3.63, 3.8) is 0 Å². The number of ether oxygens (including phenoxy) is 1. The third-order valence-corrected chi connectivity index (χ3v) is 7.43. The molecule has 0 atom stereocenters. The van der Waals surface area contributed by atoms with Gasteiger partial charge in [-0.25, -0.2) is 4.79 Å². The Labute approximate surface area is 235 Å². The smallest absolute Gasteiger partial charge is 0.331 e. The highest BCUT2D eigenvalue weighted by Crippen LogP contribution is 2.34. The maximum Gasteiger partial charge on any atom is 0.331 e. The van der Waals surface area contributed by atoms with Crippen molar-refractivity contribution in [1.29, 1.82) is 0 Å². The molecule has 0 bridgehead atoms. The lowest BCUT2D eigenvalue weighted by Crippen LogP contribution is -2.18. The second-order valence-corrected chi connectivity index (χ2v) is 10.2. The lowest BCUT2D eigenvalue weighted by atomic mass is 9.95. The van der Waals surface area contributed by atoms with Crippen molar-refractivity contribution in [1.82, 2.24) is 4.57 Å². The second-order valence-electron chi connectivity index (χ2n) is 9.28. The molecular formula is C32H28N2O5S. The molecule has 0 unspecified atom stereocenters. The highest BCUT2D eigenvalue weighted by atomic mass is 32.2. The molecule has 0 saturated carbocycles. The zero-order chi connectivity index (χ0) is 28.4. The number of fused-ring (bicyclic) bond motifs is 4. The summed E-state index contributed by atoms with van der Waals surface area (Å²) in [6.07, 6.45) is 1.85. The minimum absolute atomic E-state index is 0.143. The van der Waals surface area contributed by atoms with Crippen molar-refractivity contribution < 1.29 is 24.0 Å². The van der Waals surface area contributed by atoms with Crippen molar-refractivity contribution in [3.05, 3.63) is 89.5 Å². The molecule has 7 nitrogen and oxygen atoms in total. The van der Waals surface area contributed by atoms with Gasteiger partial charge in [0.15, 0.2) is 5.78 Å². The number of benzene rings is 4. The van der Waals surface area contributed by atoms with E-state index in [4.69, 9.17) is 9.57 Å². The summed E-state index contributed by atoms with van der Waals surface area (Å²) in [5, 5.41) is 7.28. The number of aryl methyl sites for hydroxylation is 1. The van der Waals surface area contributed by atoms with Gasteiger partial charge in [-0.3, -0.25) is 9.59 Å². The number of oxime groups is 1. The number of Topliss-reactive ketones (excluding diaryl/α,β-unsaturated/α-hetero) is 1. The SMILES string of the molecule is CCn1c2ccc(C(=O)/C(CSC)=N/OC(C)=O)cc2c2cc(C(=O)c3c(OC)ccc4ccccc34)ccc21. The Morgan fingerprint density at radius 3 is 2.20 bits per heavy atom. The summed E-state index contributed by atoms with van der Waals surface area (Å²) < 4.78 is 7.74. The summed E-state index contributed by atoms with van der Waals surface area (Å²) in [7, 11) is 1.56. The van der Waals surface area contributed by atoms with Crippen molar-refractivity contribution >= 4 is 67.6 Å². The van der Waals surface area contributed by atoms with Crippen LogP contribution in [0.3, 0.4) is 0 Å². The third kappa shape index (κ3) is 4.86. The molecule has 0 aliphatic carbocycles. The molecule has 40 heavy (non-hydrogen) atoms. The number of rotatable bonds is 9. The van der Waals surface area contributed by atoms with E-state index in [-0.39, 0.29) is 17.3 Å². The minimum Gasteiger partial charge on any atom is -0.496 e. The topological polar surface area (TPSA) is 87.0 Å². The van der Waals surface area contributed by atoms with E-state index in [9.17, 15) is 14.4 Å². The highest BCUT2D eigenvalue weighted by Gasteiger charge is 2.21. The van der Waals surface area contributed by atoms with Gasteiger partial charge < -0.3 is 14.1 Å². The van der Waals surface area contributed by atoms with E-state index in [1.165, 1.54) is 18.7 Å². The fourth-order valence-electron chi connectivity index (χ4n) is 5.08. The molecule has 4 aromatic carbocycles. The monoisotopic (exact) mass is 552 g/mol. The number of thioether (sulfide) groups is 1. The summed E-state index contributed by atoms with van der Waals surface area (Å²) in [6.45, 7) is 4.01. The van der Waals surface area contributed by atoms with E-state index in [0.29, 0.717) is 34.7 Å². The zero-order valence-electron chi connectivity index (χ0n) is 22.7. The van der Waals surface area contributed by atoms with Gasteiger partial charge in [-0.05, 0) is 66.4 Å². The van der Waals surface area contributed by atoms with Crippen LogP contribution in [0.2, 0.25) is 0 Å². The first kappa shape index (κ1) is 27.1. The van der Waals surface area contributed by atoms with Gasteiger partial charge in [0.25, 0.3) is 0 Å². The first-order chi connectivity index (χ1) is 19.4. The van der Waals surface area contributed by atoms with Crippen molar-refractivity contribution in [3.8, 4) is 5.75 Å². The van der Waals surface area contributed by atoms with Crippen LogP contribution < -0.4 is 4.74 Å². The fourth-order valence-corrected chi connectivity index (χ4v) is 5.54. The van der Waals surface area contributed by atoms with Gasteiger partial charge in [-0.2, -0.15) is 11.8 Å². The molecule has 0 aliphatic heterocycles. The minimum atomic E-state index is -0.590. The Morgan fingerprint density at radius 2 is 1.55 bits per heavy atom. The molecule has 5 aromatic rings. The van der Waals surface area contributed by atoms with Gasteiger partial charge in [0, 0.05) is 52.2 Å². The average Bonchev–Trinajstić information content (AvgIpc) is 3.29. The largest absolute Gasteiger partial charge is 0.496 e. The summed E-state index contributed by atoms with van der Waals surface area (Å²) in [5.74, 6) is -0.237. The molecule has 8 heteroatoms. The van der Waals surface area contributed by atoms with Crippen LogP contribution >= 0.6 is 11.8 Å². The molecule has 0 saturated heterocycles. The van der Waals surface area contributed by atoms with Crippen LogP contribution in [0, 0.1) is 0 Å². The number of aromatic nitrogens is 1. The standard InChI is InChI=1S/C32H28N2O5S/c1-5-34-27-13-10-21(31(36)26(18-40-4)33-39-19(2)35)16-24(27)25-17-22(11-14-28(25)34)32(37)30-23-9-7-6-8-20(23)12-15-29(30)38-3/h6-17H,5,18H2,1-4H3/b33-26+. The molecular weight excluding hydrogens is 524 g/mol. The summed E-state index contributed by atoms with van der Waals surface area (Å²) in [4.78, 5) is 43.4. The van der Waals surface area contributed by atoms with Crippen LogP contribution in [0.5, 0.6) is 5.75 Å². The van der Waals surface area contributed by atoms with Crippen LogP contribution in [-0.2, 0) is 16.2 Å². The van der Waals surface area contributed by atoms with Gasteiger partial charge in [0.2, 0.25) is 5.78 Å². The Hall–Kier alpha value is -4.43. The number of ketones is 2. The predicted molar refractivity (Wildman–Crippen MR) is 161 cm³/mol. The van der Waals surface area contributed by atoms with Gasteiger partial charge in [-0.15, -0.1) is 0 Å². The lowest BCUT2D eigenvalue weighted by molar-refractivity contribution is -0.140. The third-order valence-electron chi connectivity index (χ3n) is 6.87. The molecule has 202 valence electrons. The van der Waals surface area contributed by atoms with Gasteiger partial charge in [0.05, 0.1) is 12.7 Å². The van der Waals surface area contributed by atoms with Crippen LogP contribution in [0.1, 0.15) is 40.1 Å². The number of hydrogen-bond donors (Lipinski definition) is 0. The van der Waals surface area contributed by atoms with Crippen LogP contribution in [0.25, 0.3) is 32.6 Å². The molecule has 1 aromatic heterocycles. The van der Waals surface area contributed by atoms with E-state index in [1.807, 2.05) is 73.0 Å². The van der Waals surface area contributed by atoms with E-state index >= 15 is 0 Å². The van der Waals surface area contributed by atoms with Crippen LogP contribution in [0.4, 0.5) is 0 Å². The predicted octanol–water partition coefficient (Wildman–Crippen LogP) is 6.67. The summed E-state index contributed by atoms with van der Waals surface area (Å²) >= 11 is 1.41. The number of methoxy groups -OCH3 is 1. The van der Waals surface area contributed by atoms with Crippen molar-refractivity contribution in [2.24, 2.45) is 5.16 Å². The molecule has 0 radical (unpaired) electrons. The van der Waals surface area contributed by atoms with Crippen molar-refractivity contribution in [2.75, 3.05) is 19.1 Å². The Morgan fingerprint density at radius 1 is 0.875 bits per heavy atom. The van der Waals surface area contributed by atoms with E-state index in [1.54, 1.807) is 13.2 Å². The molecule has 0 amide bonds. The second kappa shape index (κ2) is 11.4. The first-order valence-corrected chi connectivity index (χ1v) is 14.2. The molecule has 0 fully saturated rings. The van der Waals surface area contributed by atoms with Crippen LogP contribution in [-0.4, -0.2) is 46.9 Å². The number of carbonyl (C=O) groups is 3. The highest BCUT2D eigenvalue weighted by molar-refractivity contribution is 7.99. The number of carbonyl (C=O) groups excluding carboxylic acids is 3. The van der Waals surface area contributed by atoms with Crippen LogP contribution in [0.15, 0.2) is 78.0 Å². The van der Waals surface area contributed by atoms with E-state index < -0.39 is 5.97 Å². The van der Waals surface area contributed by atoms with Gasteiger partial charge in [0.1, 0.15) is 11.5 Å². The normalized spacial score (nSPS) is 11.8. The number of hydrogen-bond acceptors (Lipinski definition) is 7. The van der Waals surface area contributed by atoms with E-state index in [0.717, 1.165) is 32.6 Å². The molecule has 1 heterocycles. The zero-order valence-corrected chi connectivity index (χ0v) is 23.5. The molecule has 0 spiro atoms. The molecule has 5 rings (SSSR count). The molecule has 0 aliphatic rings. The average molecular weight is 553 g/mol. The van der Waals surface area contributed by atoms with Gasteiger partial charge in [-0.1, -0.05) is 35.5 Å². The first-order valence-electron chi connectivity index (χ1n) is 12.8. The lowest BCUT2D eigenvalue weighted by Gasteiger charge is -2.12. The Balaban J connectivity index is 1.66. The maximum absolute atomic E-state index is 14.0. The quantitative estimate of drug-likeness (QED) is 0.0878. The Bertz CT molecular complexity index is 1840. The summed E-state index contributed by atoms with van der Waals surface area (Å²) in [6, 6.07) is 22.7. The summed E-state index contributed by atoms with van der Waals surface area (Å²) in [5.41, 5.74) is 3.52. The fraction of sp³-hybridized carbons (Fsp3) is 0.188. The maximum atomic E-state index is 14.0. The molecule has 0 N–H and O–H groups in total. The van der Waals surface area contributed by atoms with E-state index in [2.05, 4.69) is 16.6 Å². The van der Waals surface area contributed by atoms with Crippen molar-refractivity contribution in [2.45, 2.75) is 20.4 Å². The van der Waals surface area contributed by atoms with Gasteiger partial charge >= 0.3 is 5.97 Å².